The number of aryl methyl sites for hydroxylation is 1. The number of nitrogens with one attached hydrogen (secondary N) is 1. The molecule has 2 aromatic rings. The molecule has 1 unspecified atom stereocenters. The maximum Gasteiger partial charge on any atom is 0.0637 e. The van der Waals surface area contributed by atoms with Crippen molar-refractivity contribution in [2.24, 2.45) is 5.92 Å². The van der Waals surface area contributed by atoms with Crippen molar-refractivity contribution in [3.63, 3.8) is 0 Å². The minimum Gasteiger partial charge on any atom is -0.377 e. The normalized spacial score (nSPS) is 12.5. The topological polar surface area (TPSA) is 12.0 Å². The maximum absolute atomic E-state index is 6.27. The highest BCUT2D eigenvalue weighted by Crippen LogP contribution is 2.30. The first kappa shape index (κ1) is 14.0. The largest absolute Gasteiger partial charge is 0.377 e. The smallest absolute Gasteiger partial charge is 0.0637 e. The van der Waals surface area contributed by atoms with E-state index >= 15 is 0 Å². The van der Waals surface area contributed by atoms with E-state index in [0.717, 1.165) is 10.7 Å². The van der Waals surface area contributed by atoms with Crippen molar-refractivity contribution in [2.45, 2.75) is 26.8 Å². The molecule has 0 fully saturated rings. The lowest BCUT2D eigenvalue weighted by Gasteiger charge is -2.25. The molecule has 0 heterocycles. The van der Waals surface area contributed by atoms with Gasteiger partial charge in [0.15, 0.2) is 0 Å². The lowest BCUT2D eigenvalue weighted by Crippen LogP contribution is -2.17. The first-order chi connectivity index (χ1) is 9.08. The number of rotatable bonds is 4. The second kappa shape index (κ2) is 6.12. The molecule has 1 N–H and O–H groups in total. The van der Waals surface area contributed by atoms with Crippen molar-refractivity contribution < 1.29 is 0 Å². The molecule has 0 aliphatic heterocycles. The quantitative estimate of drug-likeness (QED) is 0.780. The number of hydrogen-bond acceptors (Lipinski definition) is 1. The minimum absolute atomic E-state index is 0.264. The fourth-order valence-corrected chi connectivity index (χ4v) is 2.38. The summed E-state index contributed by atoms with van der Waals surface area (Å²) in [5.74, 6) is 0.485. The van der Waals surface area contributed by atoms with Crippen LogP contribution in [0.4, 0.5) is 5.69 Å². The van der Waals surface area contributed by atoms with Crippen molar-refractivity contribution in [1.29, 1.82) is 0 Å². The lowest BCUT2D eigenvalue weighted by atomic mass is 9.95. The first-order valence-electron chi connectivity index (χ1n) is 6.65. The third-order valence-corrected chi connectivity index (χ3v) is 3.59. The summed E-state index contributed by atoms with van der Waals surface area (Å²) in [6.07, 6.45) is 0. The van der Waals surface area contributed by atoms with Gasteiger partial charge in [0.25, 0.3) is 0 Å². The van der Waals surface area contributed by atoms with Crippen LogP contribution in [0.15, 0.2) is 48.5 Å². The number of anilines is 1. The molecule has 0 saturated carbocycles. The third-order valence-electron chi connectivity index (χ3n) is 3.26. The Morgan fingerprint density at radius 3 is 2.32 bits per heavy atom. The van der Waals surface area contributed by atoms with Crippen molar-refractivity contribution in [3.8, 4) is 0 Å². The Labute approximate surface area is 120 Å². The summed E-state index contributed by atoms with van der Waals surface area (Å²) in [6, 6.07) is 16.8. The molecule has 0 aliphatic rings. The summed E-state index contributed by atoms with van der Waals surface area (Å²) in [7, 11) is 0. The standard InChI is InChI=1S/C17H20ClN/c1-12(2)17(14-7-5-4-6-8-14)19-16-11-13(3)9-10-15(16)18/h4-12,17,19H,1-3H3. The molecule has 0 radical (unpaired) electrons. The molecule has 0 aromatic heterocycles. The van der Waals surface area contributed by atoms with Crippen LogP contribution in [-0.4, -0.2) is 0 Å². The Balaban J connectivity index is 2.29. The minimum atomic E-state index is 0.264. The predicted octanol–water partition coefficient (Wildman–Crippen LogP) is 5.46. The van der Waals surface area contributed by atoms with Crippen LogP contribution in [-0.2, 0) is 0 Å². The van der Waals surface area contributed by atoms with Gasteiger partial charge in [-0.1, -0.05) is 61.8 Å². The highest BCUT2D eigenvalue weighted by Gasteiger charge is 2.16. The van der Waals surface area contributed by atoms with E-state index in [4.69, 9.17) is 11.6 Å². The molecule has 2 rings (SSSR count). The Morgan fingerprint density at radius 2 is 1.68 bits per heavy atom. The van der Waals surface area contributed by atoms with E-state index in [-0.39, 0.29) is 6.04 Å². The van der Waals surface area contributed by atoms with Gasteiger partial charge in [-0.05, 0) is 36.1 Å². The maximum atomic E-state index is 6.27. The van der Waals surface area contributed by atoms with Crippen molar-refractivity contribution in [3.05, 3.63) is 64.7 Å². The van der Waals surface area contributed by atoms with Crippen LogP contribution < -0.4 is 5.32 Å². The van der Waals surface area contributed by atoms with Crippen LogP contribution in [0, 0.1) is 12.8 Å². The van der Waals surface area contributed by atoms with Crippen LogP contribution in [0.1, 0.15) is 31.0 Å². The van der Waals surface area contributed by atoms with Gasteiger partial charge in [0, 0.05) is 0 Å². The number of halogens is 1. The summed E-state index contributed by atoms with van der Waals surface area (Å²) in [4.78, 5) is 0. The van der Waals surface area contributed by atoms with E-state index in [1.54, 1.807) is 0 Å². The van der Waals surface area contributed by atoms with Gasteiger partial charge in [0.1, 0.15) is 0 Å². The van der Waals surface area contributed by atoms with E-state index < -0.39 is 0 Å². The summed E-state index contributed by atoms with van der Waals surface area (Å²) in [5, 5.41) is 4.34. The van der Waals surface area contributed by atoms with Gasteiger partial charge in [-0.2, -0.15) is 0 Å². The summed E-state index contributed by atoms with van der Waals surface area (Å²) in [5.41, 5.74) is 3.50. The third kappa shape index (κ3) is 3.51. The van der Waals surface area contributed by atoms with Crippen LogP contribution in [0.3, 0.4) is 0 Å². The molecule has 2 aromatic carbocycles. The zero-order valence-electron chi connectivity index (χ0n) is 11.7. The summed E-state index contributed by atoms with van der Waals surface area (Å²) in [6.45, 7) is 6.51. The predicted molar refractivity (Wildman–Crippen MR) is 83.8 cm³/mol. The van der Waals surface area contributed by atoms with E-state index in [9.17, 15) is 0 Å². The average Bonchev–Trinajstić information content (AvgIpc) is 2.40. The second-order valence-corrected chi connectivity index (χ2v) is 5.67. The molecule has 100 valence electrons. The van der Waals surface area contributed by atoms with Crippen LogP contribution in [0.5, 0.6) is 0 Å². The molecule has 0 bridgehead atoms. The van der Waals surface area contributed by atoms with Gasteiger partial charge in [0.2, 0.25) is 0 Å². The number of benzene rings is 2. The van der Waals surface area contributed by atoms with Crippen LogP contribution >= 0.6 is 11.6 Å². The Kier molecular flexibility index (Phi) is 4.49. The molecule has 19 heavy (non-hydrogen) atoms. The fourth-order valence-electron chi connectivity index (χ4n) is 2.21. The Bertz CT molecular complexity index is 534. The zero-order valence-corrected chi connectivity index (χ0v) is 12.4. The first-order valence-corrected chi connectivity index (χ1v) is 7.03. The molecule has 0 amide bonds. The van der Waals surface area contributed by atoms with Gasteiger partial charge in [-0.3, -0.25) is 0 Å². The molecular weight excluding hydrogens is 254 g/mol. The van der Waals surface area contributed by atoms with Gasteiger partial charge in [-0.15, -0.1) is 0 Å². The fraction of sp³-hybridized carbons (Fsp3) is 0.294. The monoisotopic (exact) mass is 273 g/mol. The Hall–Kier alpha value is -1.47. The average molecular weight is 274 g/mol. The highest BCUT2D eigenvalue weighted by molar-refractivity contribution is 6.33. The Morgan fingerprint density at radius 1 is 1.00 bits per heavy atom. The molecule has 2 heteroatoms. The molecule has 1 nitrogen and oxygen atoms in total. The van der Waals surface area contributed by atoms with Crippen molar-refractivity contribution in [2.75, 3.05) is 5.32 Å². The van der Waals surface area contributed by atoms with Crippen molar-refractivity contribution >= 4 is 17.3 Å². The molecule has 0 spiro atoms. The number of hydrogen-bond donors (Lipinski definition) is 1. The van der Waals surface area contributed by atoms with Gasteiger partial charge in [0.05, 0.1) is 16.8 Å². The summed E-state index contributed by atoms with van der Waals surface area (Å²) < 4.78 is 0. The summed E-state index contributed by atoms with van der Waals surface area (Å²) >= 11 is 6.27. The molecule has 1 atom stereocenters. The van der Waals surface area contributed by atoms with Crippen LogP contribution in [0.25, 0.3) is 0 Å². The van der Waals surface area contributed by atoms with Gasteiger partial charge < -0.3 is 5.32 Å². The van der Waals surface area contributed by atoms with E-state index in [2.05, 4.69) is 56.4 Å². The second-order valence-electron chi connectivity index (χ2n) is 5.26. The van der Waals surface area contributed by atoms with Gasteiger partial charge in [-0.25, -0.2) is 0 Å². The molecule has 0 aliphatic carbocycles. The van der Waals surface area contributed by atoms with Crippen molar-refractivity contribution in [1.82, 2.24) is 0 Å². The SMILES string of the molecule is Cc1ccc(Cl)c(NC(c2ccccc2)C(C)C)c1. The molecular formula is C17H20ClN. The van der Waals surface area contributed by atoms with Gasteiger partial charge >= 0.3 is 0 Å². The van der Waals surface area contributed by atoms with E-state index in [0.29, 0.717) is 5.92 Å². The van der Waals surface area contributed by atoms with E-state index in [1.807, 2.05) is 18.2 Å². The zero-order chi connectivity index (χ0) is 13.8. The molecule has 0 saturated heterocycles. The van der Waals surface area contributed by atoms with E-state index in [1.165, 1.54) is 11.1 Å². The lowest BCUT2D eigenvalue weighted by molar-refractivity contribution is 0.546. The van der Waals surface area contributed by atoms with Crippen LogP contribution in [0.2, 0.25) is 5.02 Å². The highest BCUT2D eigenvalue weighted by atomic mass is 35.5.